The van der Waals surface area contributed by atoms with Crippen LogP contribution in [0.1, 0.15) is 17.1 Å². The Kier molecular flexibility index (Phi) is 5.65. The number of nitrogens with two attached hydrogens (primary N) is 1. The number of rotatable bonds is 7. The van der Waals surface area contributed by atoms with Crippen molar-refractivity contribution in [2.75, 3.05) is 6.54 Å². The molecular weight excluding hydrogens is 290 g/mol. The van der Waals surface area contributed by atoms with Crippen molar-refractivity contribution in [1.82, 2.24) is 5.32 Å². The van der Waals surface area contributed by atoms with E-state index in [1.54, 1.807) is 0 Å². The van der Waals surface area contributed by atoms with Crippen LogP contribution < -0.4 is 11.1 Å². The molecule has 0 aliphatic heterocycles. The number of benzene rings is 1. The van der Waals surface area contributed by atoms with Gasteiger partial charge in [-0.1, -0.05) is 0 Å². The zero-order chi connectivity index (χ0) is 16.1. The van der Waals surface area contributed by atoms with E-state index in [4.69, 9.17) is 10.2 Å². The van der Waals surface area contributed by atoms with Crippen molar-refractivity contribution in [3.8, 4) is 0 Å². The summed E-state index contributed by atoms with van der Waals surface area (Å²) in [6.45, 7) is 2.59. The summed E-state index contributed by atoms with van der Waals surface area (Å²) in [5.74, 6) is 0.290. The molecule has 0 unspecified atom stereocenters. The third-order valence-electron chi connectivity index (χ3n) is 3.34. The Hall–Kier alpha value is -1.76. The number of hydrogen-bond donors (Lipinski definition) is 3. The summed E-state index contributed by atoms with van der Waals surface area (Å²) in [6.07, 6.45) is -0.639. The number of halogens is 2. The minimum Gasteiger partial charge on any atom is -0.465 e. The molecule has 1 aromatic heterocycles. The van der Waals surface area contributed by atoms with E-state index < -0.39 is 23.8 Å². The lowest BCUT2D eigenvalue weighted by molar-refractivity contribution is 0.140. The quantitative estimate of drug-likeness (QED) is 0.730. The molecule has 0 saturated carbocycles. The van der Waals surface area contributed by atoms with E-state index >= 15 is 0 Å². The second-order valence-electron chi connectivity index (χ2n) is 5.36. The van der Waals surface area contributed by atoms with Gasteiger partial charge in [-0.2, -0.15) is 0 Å². The van der Waals surface area contributed by atoms with Gasteiger partial charge in [0.05, 0.1) is 12.6 Å². The first kappa shape index (κ1) is 16.6. The normalized spacial score (nSPS) is 14.0. The van der Waals surface area contributed by atoms with E-state index in [1.807, 2.05) is 19.1 Å². The second-order valence-corrected chi connectivity index (χ2v) is 5.36. The van der Waals surface area contributed by atoms with Gasteiger partial charge in [0.15, 0.2) is 0 Å². The van der Waals surface area contributed by atoms with Gasteiger partial charge in [-0.25, -0.2) is 8.78 Å². The molecule has 4 nitrogen and oxygen atoms in total. The van der Waals surface area contributed by atoms with E-state index in [0.717, 1.165) is 17.6 Å². The molecule has 0 amide bonds. The van der Waals surface area contributed by atoms with Gasteiger partial charge in [-0.15, -0.1) is 0 Å². The summed E-state index contributed by atoms with van der Waals surface area (Å²) in [7, 11) is 0. The van der Waals surface area contributed by atoms with Gasteiger partial charge in [0.1, 0.15) is 23.2 Å². The molecule has 6 heteroatoms. The summed E-state index contributed by atoms with van der Waals surface area (Å²) in [5, 5.41) is 13.0. The predicted molar refractivity (Wildman–Crippen MR) is 79.2 cm³/mol. The Morgan fingerprint density at radius 2 is 1.91 bits per heavy atom. The number of aliphatic hydroxyl groups is 1. The minimum atomic E-state index is -0.831. The Morgan fingerprint density at radius 3 is 2.50 bits per heavy atom. The molecule has 0 bridgehead atoms. The number of furan rings is 1. The van der Waals surface area contributed by atoms with Crippen molar-refractivity contribution in [1.29, 1.82) is 0 Å². The molecule has 0 aliphatic carbocycles. The fourth-order valence-electron chi connectivity index (χ4n) is 2.21. The number of aliphatic hydroxyl groups excluding tert-OH is 1. The van der Waals surface area contributed by atoms with Gasteiger partial charge in [0.25, 0.3) is 0 Å². The average molecular weight is 310 g/mol. The van der Waals surface area contributed by atoms with Crippen LogP contribution in [-0.4, -0.2) is 23.8 Å². The molecule has 2 atom stereocenters. The van der Waals surface area contributed by atoms with Crippen LogP contribution in [0.15, 0.2) is 34.7 Å². The highest BCUT2D eigenvalue weighted by molar-refractivity contribution is 5.19. The van der Waals surface area contributed by atoms with E-state index in [9.17, 15) is 13.9 Å². The van der Waals surface area contributed by atoms with E-state index in [-0.39, 0.29) is 13.0 Å². The lowest BCUT2D eigenvalue weighted by Crippen LogP contribution is -2.43. The highest BCUT2D eigenvalue weighted by atomic mass is 19.1. The van der Waals surface area contributed by atoms with Crippen molar-refractivity contribution in [3.05, 3.63) is 59.1 Å². The maximum Gasteiger partial charge on any atom is 0.126 e. The molecule has 4 N–H and O–H groups in total. The van der Waals surface area contributed by atoms with Crippen LogP contribution in [0, 0.1) is 18.6 Å². The fraction of sp³-hybridized carbons (Fsp3) is 0.375. The zero-order valence-corrected chi connectivity index (χ0v) is 12.4. The molecule has 22 heavy (non-hydrogen) atoms. The summed E-state index contributed by atoms with van der Waals surface area (Å²) in [5.41, 5.74) is 6.30. The summed E-state index contributed by atoms with van der Waals surface area (Å²) < 4.78 is 31.6. The van der Waals surface area contributed by atoms with Gasteiger partial charge < -0.3 is 20.6 Å². The molecular formula is C16H20F2N2O2. The molecule has 1 aromatic carbocycles. The second kappa shape index (κ2) is 7.49. The Morgan fingerprint density at radius 1 is 1.23 bits per heavy atom. The average Bonchev–Trinajstić information content (AvgIpc) is 2.83. The van der Waals surface area contributed by atoms with Gasteiger partial charge in [0, 0.05) is 18.7 Å². The third-order valence-corrected chi connectivity index (χ3v) is 3.34. The maximum absolute atomic E-state index is 13.1. The van der Waals surface area contributed by atoms with Crippen LogP contribution in [0.5, 0.6) is 0 Å². The number of aryl methyl sites for hydroxylation is 1. The van der Waals surface area contributed by atoms with Crippen molar-refractivity contribution in [2.24, 2.45) is 5.73 Å². The summed E-state index contributed by atoms with van der Waals surface area (Å²) in [4.78, 5) is 0. The smallest absolute Gasteiger partial charge is 0.126 e. The zero-order valence-electron chi connectivity index (χ0n) is 12.4. The monoisotopic (exact) mass is 310 g/mol. The molecule has 120 valence electrons. The van der Waals surface area contributed by atoms with Crippen molar-refractivity contribution in [2.45, 2.75) is 32.0 Å². The van der Waals surface area contributed by atoms with Crippen LogP contribution in [0.25, 0.3) is 0 Å². The van der Waals surface area contributed by atoms with Gasteiger partial charge in [0.2, 0.25) is 0 Å². The third kappa shape index (κ3) is 4.91. The van der Waals surface area contributed by atoms with E-state index in [1.165, 1.54) is 12.1 Å². The Balaban J connectivity index is 1.80. The van der Waals surface area contributed by atoms with Gasteiger partial charge in [-0.3, -0.25) is 0 Å². The lowest BCUT2D eigenvalue weighted by Gasteiger charge is -2.19. The van der Waals surface area contributed by atoms with Crippen LogP contribution in [0.3, 0.4) is 0 Å². The Bertz CT molecular complexity index is 596. The molecule has 0 fully saturated rings. The van der Waals surface area contributed by atoms with Crippen LogP contribution in [0.2, 0.25) is 0 Å². The molecule has 2 aromatic rings. The van der Waals surface area contributed by atoms with Crippen molar-refractivity contribution >= 4 is 0 Å². The lowest BCUT2D eigenvalue weighted by atomic mass is 10.0. The van der Waals surface area contributed by atoms with Gasteiger partial charge >= 0.3 is 0 Å². The molecule has 1 heterocycles. The van der Waals surface area contributed by atoms with E-state index in [0.29, 0.717) is 12.1 Å². The first-order valence-corrected chi connectivity index (χ1v) is 7.08. The predicted octanol–water partition coefficient (Wildman–Crippen LogP) is 1.89. The Labute approximate surface area is 127 Å². The number of nitrogens with one attached hydrogen (secondary N) is 1. The summed E-state index contributed by atoms with van der Waals surface area (Å²) in [6, 6.07) is 6.33. The van der Waals surface area contributed by atoms with Crippen LogP contribution in [-0.2, 0) is 13.0 Å². The molecule has 0 spiro atoms. The van der Waals surface area contributed by atoms with Crippen molar-refractivity contribution < 1.29 is 18.3 Å². The largest absolute Gasteiger partial charge is 0.465 e. The van der Waals surface area contributed by atoms with E-state index in [2.05, 4.69) is 5.32 Å². The minimum absolute atomic E-state index is 0.192. The first-order valence-electron chi connectivity index (χ1n) is 7.08. The SMILES string of the molecule is Cc1ccc(CNC[C@@H](O)[C@@H](N)Cc2cc(F)cc(F)c2)o1. The molecule has 0 saturated heterocycles. The molecule has 0 aliphatic rings. The first-order chi connectivity index (χ1) is 10.4. The number of hydrogen-bond acceptors (Lipinski definition) is 4. The maximum atomic E-state index is 13.1. The highest BCUT2D eigenvalue weighted by Gasteiger charge is 2.16. The van der Waals surface area contributed by atoms with Crippen LogP contribution in [0.4, 0.5) is 8.78 Å². The standard InChI is InChI=1S/C16H20F2N2O2/c1-10-2-3-14(22-10)8-20-9-16(21)15(19)6-11-4-12(17)7-13(18)5-11/h2-5,7,15-16,20-21H,6,8-9,19H2,1H3/t15-,16+/m0/s1. The van der Waals surface area contributed by atoms with Gasteiger partial charge in [-0.05, 0) is 43.2 Å². The highest BCUT2D eigenvalue weighted by Crippen LogP contribution is 2.11. The summed E-state index contributed by atoms with van der Waals surface area (Å²) >= 11 is 0. The van der Waals surface area contributed by atoms with Crippen molar-refractivity contribution in [3.63, 3.8) is 0 Å². The van der Waals surface area contributed by atoms with Crippen LogP contribution >= 0.6 is 0 Å². The topological polar surface area (TPSA) is 71.4 Å². The molecule has 2 rings (SSSR count). The molecule has 0 radical (unpaired) electrons. The fourth-order valence-corrected chi connectivity index (χ4v) is 2.21.